The van der Waals surface area contributed by atoms with Crippen LogP contribution in [0.25, 0.3) is 0 Å². The van der Waals surface area contributed by atoms with Gasteiger partial charge in [-0.05, 0) is 36.4 Å². The van der Waals surface area contributed by atoms with Crippen LogP contribution in [-0.2, 0) is 0 Å². The molecule has 0 saturated carbocycles. The monoisotopic (exact) mass is 306 g/mol. The molecule has 2 rings (SSSR count). The molecule has 0 aliphatic rings. The van der Waals surface area contributed by atoms with Gasteiger partial charge >= 0.3 is 0 Å². The molecule has 1 N–H and O–H groups in total. The second-order valence-corrected chi connectivity index (χ2v) is 4.47. The second kappa shape index (κ2) is 6.85. The highest BCUT2D eigenvalue weighted by molar-refractivity contribution is 6.33. The van der Waals surface area contributed by atoms with E-state index in [0.717, 1.165) is 0 Å². The van der Waals surface area contributed by atoms with Gasteiger partial charge in [0.2, 0.25) is 0 Å². The van der Waals surface area contributed by atoms with Crippen molar-refractivity contribution in [1.82, 2.24) is 5.43 Å². The molecule has 4 nitrogen and oxygen atoms in total. The average molecular weight is 307 g/mol. The van der Waals surface area contributed by atoms with Crippen LogP contribution in [0.2, 0.25) is 5.02 Å². The molecule has 0 fully saturated rings. The quantitative estimate of drug-likeness (QED) is 0.696. The molecule has 2 aromatic carbocycles. The molecule has 6 heteroatoms. The number of methoxy groups -OCH3 is 1. The van der Waals surface area contributed by atoms with Crippen LogP contribution in [0.5, 0.6) is 5.75 Å². The Morgan fingerprint density at radius 3 is 2.62 bits per heavy atom. The number of amides is 1. The van der Waals surface area contributed by atoms with Gasteiger partial charge < -0.3 is 4.74 Å². The van der Waals surface area contributed by atoms with E-state index < -0.39 is 11.7 Å². The maximum absolute atomic E-state index is 13.5. The molecule has 0 saturated heterocycles. The lowest BCUT2D eigenvalue weighted by molar-refractivity contribution is 0.0955. The van der Waals surface area contributed by atoms with Gasteiger partial charge in [0.05, 0.1) is 18.3 Å². The number of nitrogens with zero attached hydrogens (tertiary/aromatic N) is 1. The molecule has 0 radical (unpaired) electrons. The van der Waals surface area contributed by atoms with Crippen molar-refractivity contribution in [2.45, 2.75) is 0 Å². The molecule has 0 heterocycles. The number of halogens is 2. The molecule has 0 aromatic heterocycles. The SMILES string of the molecule is COc1ccc(C(=O)N/N=C/c2c(F)cccc2Cl)cc1. The summed E-state index contributed by atoms with van der Waals surface area (Å²) in [7, 11) is 1.54. The molecular weight excluding hydrogens is 295 g/mol. The van der Waals surface area contributed by atoms with E-state index >= 15 is 0 Å². The normalized spacial score (nSPS) is 10.6. The molecule has 0 aliphatic heterocycles. The molecule has 108 valence electrons. The molecular formula is C15H12ClFN2O2. The number of carbonyl (C=O) groups is 1. The number of hydrogen-bond acceptors (Lipinski definition) is 3. The summed E-state index contributed by atoms with van der Waals surface area (Å²) in [6.45, 7) is 0. The third-order valence-corrected chi connectivity index (χ3v) is 3.04. The first-order valence-corrected chi connectivity index (χ1v) is 6.41. The minimum Gasteiger partial charge on any atom is -0.497 e. The van der Waals surface area contributed by atoms with E-state index in [-0.39, 0.29) is 10.6 Å². The molecule has 2 aromatic rings. The van der Waals surface area contributed by atoms with Gasteiger partial charge in [-0.15, -0.1) is 0 Å². The fourth-order valence-corrected chi connectivity index (χ4v) is 1.81. The zero-order valence-electron chi connectivity index (χ0n) is 11.1. The van der Waals surface area contributed by atoms with Crippen molar-refractivity contribution in [3.8, 4) is 5.75 Å². The van der Waals surface area contributed by atoms with Crippen molar-refractivity contribution in [2.24, 2.45) is 5.10 Å². The number of hydrazone groups is 1. The molecule has 0 aliphatic carbocycles. The van der Waals surface area contributed by atoms with Gasteiger partial charge in [0.25, 0.3) is 5.91 Å². The first kappa shape index (κ1) is 15.0. The van der Waals surface area contributed by atoms with Crippen LogP contribution in [0, 0.1) is 5.82 Å². The minimum absolute atomic E-state index is 0.120. The summed E-state index contributed by atoms with van der Waals surface area (Å²) in [6, 6.07) is 10.8. The van der Waals surface area contributed by atoms with Crippen molar-refractivity contribution in [3.63, 3.8) is 0 Å². The van der Waals surface area contributed by atoms with E-state index in [1.807, 2.05) is 0 Å². The Hall–Kier alpha value is -2.40. The maximum Gasteiger partial charge on any atom is 0.271 e. The number of nitrogens with one attached hydrogen (secondary N) is 1. The van der Waals surface area contributed by atoms with Crippen molar-refractivity contribution >= 4 is 23.7 Å². The van der Waals surface area contributed by atoms with Crippen LogP contribution in [0.4, 0.5) is 4.39 Å². The fourth-order valence-electron chi connectivity index (χ4n) is 1.60. The predicted octanol–water partition coefficient (Wildman–Crippen LogP) is 3.25. The zero-order valence-corrected chi connectivity index (χ0v) is 11.9. The molecule has 1 amide bonds. The van der Waals surface area contributed by atoms with Gasteiger partial charge in [-0.3, -0.25) is 4.79 Å². The fraction of sp³-hybridized carbons (Fsp3) is 0.0667. The van der Waals surface area contributed by atoms with Crippen LogP contribution >= 0.6 is 11.6 Å². The van der Waals surface area contributed by atoms with Crippen molar-refractivity contribution in [2.75, 3.05) is 7.11 Å². The van der Waals surface area contributed by atoms with Crippen LogP contribution in [0.15, 0.2) is 47.6 Å². The van der Waals surface area contributed by atoms with E-state index in [2.05, 4.69) is 10.5 Å². The molecule has 0 unspecified atom stereocenters. The third-order valence-electron chi connectivity index (χ3n) is 2.71. The van der Waals surface area contributed by atoms with Crippen molar-refractivity contribution in [1.29, 1.82) is 0 Å². The lowest BCUT2D eigenvalue weighted by Crippen LogP contribution is -2.17. The Morgan fingerprint density at radius 1 is 1.29 bits per heavy atom. The van der Waals surface area contributed by atoms with Gasteiger partial charge in [-0.1, -0.05) is 17.7 Å². The Bertz CT molecular complexity index is 652. The summed E-state index contributed by atoms with van der Waals surface area (Å²) < 4.78 is 18.5. The summed E-state index contributed by atoms with van der Waals surface area (Å²) in [5.41, 5.74) is 2.83. The largest absolute Gasteiger partial charge is 0.497 e. The van der Waals surface area contributed by atoms with E-state index in [1.165, 1.54) is 31.5 Å². The third kappa shape index (κ3) is 3.79. The van der Waals surface area contributed by atoms with Crippen LogP contribution in [0.1, 0.15) is 15.9 Å². The first-order chi connectivity index (χ1) is 10.1. The molecule has 0 bridgehead atoms. The highest BCUT2D eigenvalue weighted by Gasteiger charge is 2.06. The summed E-state index contributed by atoms with van der Waals surface area (Å²) in [5.74, 6) is -0.278. The van der Waals surface area contributed by atoms with Crippen LogP contribution in [0.3, 0.4) is 0 Å². The highest BCUT2D eigenvalue weighted by atomic mass is 35.5. The van der Waals surface area contributed by atoms with Gasteiger partial charge in [0.1, 0.15) is 11.6 Å². The van der Waals surface area contributed by atoms with Crippen LogP contribution in [-0.4, -0.2) is 19.2 Å². The predicted molar refractivity (Wildman–Crippen MR) is 79.5 cm³/mol. The van der Waals surface area contributed by atoms with Gasteiger partial charge in [-0.2, -0.15) is 5.10 Å². The molecule has 21 heavy (non-hydrogen) atoms. The summed E-state index contributed by atoms with van der Waals surface area (Å²) in [6.07, 6.45) is 1.17. The number of ether oxygens (including phenoxy) is 1. The number of benzene rings is 2. The van der Waals surface area contributed by atoms with Gasteiger partial charge in [0.15, 0.2) is 0 Å². The van der Waals surface area contributed by atoms with Crippen molar-refractivity contribution in [3.05, 3.63) is 64.4 Å². The minimum atomic E-state index is -0.509. The van der Waals surface area contributed by atoms with Gasteiger partial charge in [-0.25, -0.2) is 9.82 Å². The lowest BCUT2D eigenvalue weighted by Gasteiger charge is -2.02. The van der Waals surface area contributed by atoms with E-state index in [1.54, 1.807) is 24.3 Å². The number of carbonyl (C=O) groups excluding carboxylic acids is 1. The Labute approximate surface area is 126 Å². The lowest BCUT2D eigenvalue weighted by atomic mass is 10.2. The van der Waals surface area contributed by atoms with E-state index in [9.17, 15) is 9.18 Å². The van der Waals surface area contributed by atoms with E-state index in [4.69, 9.17) is 16.3 Å². The zero-order chi connectivity index (χ0) is 15.2. The van der Waals surface area contributed by atoms with E-state index in [0.29, 0.717) is 11.3 Å². The Balaban J connectivity index is 2.05. The highest BCUT2D eigenvalue weighted by Crippen LogP contribution is 2.16. The summed E-state index contributed by atoms with van der Waals surface area (Å²) in [4.78, 5) is 11.8. The summed E-state index contributed by atoms with van der Waals surface area (Å²) >= 11 is 5.84. The number of rotatable bonds is 4. The smallest absolute Gasteiger partial charge is 0.271 e. The Kier molecular flexibility index (Phi) is 4.90. The topological polar surface area (TPSA) is 50.7 Å². The standard InChI is InChI=1S/C15H12ClFN2O2/c1-21-11-7-5-10(6-8-11)15(20)19-18-9-12-13(16)3-2-4-14(12)17/h2-9H,1H3,(H,19,20)/b18-9+. The molecule has 0 atom stereocenters. The molecule has 0 spiro atoms. The van der Waals surface area contributed by atoms with Gasteiger partial charge in [0, 0.05) is 11.1 Å². The second-order valence-electron chi connectivity index (χ2n) is 4.06. The van der Waals surface area contributed by atoms with Crippen molar-refractivity contribution < 1.29 is 13.9 Å². The number of hydrogen-bond donors (Lipinski definition) is 1. The maximum atomic E-state index is 13.5. The van der Waals surface area contributed by atoms with Crippen LogP contribution < -0.4 is 10.2 Å². The average Bonchev–Trinajstić information content (AvgIpc) is 2.50. The Morgan fingerprint density at radius 2 is 2.00 bits per heavy atom. The first-order valence-electron chi connectivity index (χ1n) is 6.03. The summed E-state index contributed by atoms with van der Waals surface area (Å²) in [5, 5.41) is 3.92.